The molecule has 1 heterocycles. The number of benzene rings is 3. The summed E-state index contributed by atoms with van der Waals surface area (Å²) in [6.07, 6.45) is 1.35. The Labute approximate surface area is 229 Å². The van der Waals surface area contributed by atoms with Crippen molar-refractivity contribution in [1.82, 2.24) is 0 Å². The van der Waals surface area contributed by atoms with Gasteiger partial charge in [-0.2, -0.15) is 0 Å². The summed E-state index contributed by atoms with van der Waals surface area (Å²) in [6, 6.07) is 15.0. The number of carbonyl (C=O) groups excluding carboxylic acids is 2. The number of nitrogens with one attached hydrogen (secondary N) is 1. The van der Waals surface area contributed by atoms with Gasteiger partial charge in [-0.15, -0.1) is 0 Å². The second kappa shape index (κ2) is 11.4. The highest BCUT2D eigenvalue weighted by Gasteiger charge is 2.29. The molecular weight excluding hydrogens is 518 g/mol. The van der Waals surface area contributed by atoms with Gasteiger partial charge < -0.3 is 19.7 Å². The summed E-state index contributed by atoms with van der Waals surface area (Å²) in [5.41, 5.74) is 4.25. The SMILES string of the molecule is COc1ccc(S(=O)(=O)N(CC(=O)Nc2ccc(N3CCCC3=O)c(C)c2)c2cc(C)cc(C)c2)cc1OC. The van der Waals surface area contributed by atoms with Crippen molar-refractivity contribution in [2.24, 2.45) is 0 Å². The Morgan fingerprint density at radius 3 is 2.23 bits per heavy atom. The first kappa shape index (κ1) is 28.0. The van der Waals surface area contributed by atoms with Crippen LogP contribution in [0.1, 0.15) is 29.5 Å². The zero-order valence-electron chi connectivity index (χ0n) is 22.8. The van der Waals surface area contributed by atoms with Crippen LogP contribution in [0.4, 0.5) is 17.1 Å². The quantitative estimate of drug-likeness (QED) is 0.417. The molecule has 4 rings (SSSR count). The number of rotatable bonds is 9. The topological polar surface area (TPSA) is 105 Å². The van der Waals surface area contributed by atoms with E-state index in [1.165, 1.54) is 32.4 Å². The molecule has 206 valence electrons. The number of aryl methyl sites for hydroxylation is 3. The molecule has 0 radical (unpaired) electrons. The fourth-order valence-electron chi connectivity index (χ4n) is 4.78. The second-order valence-corrected chi connectivity index (χ2v) is 11.4. The zero-order valence-corrected chi connectivity index (χ0v) is 23.6. The van der Waals surface area contributed by atoms with Crippen LogP contribution in [0.5, 0.6) is 11.5 Å². The van der Waals surface area contributed by atoms with E-state index in [1.807, 2.05) is 26.8 Å². The van der Waals surface area contributed by atoms with Crippen LogP contribution < -0.4 is 24.0 Å². The third kappa shape index (κ3) is 6.01. The van der Waals surface area contributed by atoms with Crippen LogP contribution in [0, 0.1) is 20.8 Å². The summed E-state index contributed by atoms with van der Waals surface area (Å²) in [7, 11) is -1.28. The van der Waals surface area contributed by atoms with E-state index in [0.29, 0.717) is 30.1 Å². The summed E-state index contributed by atoms with van der Waals surface area (Å²) in [5.74, 6) is 0.221. The van der Waals surface area contributed by atoms with Crippen molar-refractivity contribution in [3.8, 4) is 11.5 Å². The fraction of sp³-hybridized carbons (Fsp3) is 0.310. The molecule has 1 aliphatic heterocycles. The van der Waals surface area contributed by atoms with Gasteiger partial charge in [0.1, 0.15) is 6.54 Å². The molecule has 0 spiro atoms. The van der Waals surface area contributed by atoms with E-state index >= 15 is 0 Å². The lowest BCUT2D eigenvalue weighted by Gasteiger charge is -2.25. The predicted molar refractivity (Wildman–Crippen MR) is 151 cm³/mol. The minimum absolute atomic E-state index is 0.0393. The van der Waals surface area contributed by atoms with E-state index in [0.717, 1.165) is 33.1 Å². The minimum atomic E-state index is -4.17. The Hall–Kier alpha value is -4.05. The molecule has 1 saturated heterocycles. The van der Waals surface area contributed by atoms with Gasteiger partial charge in [0.25, 0.3) is 10.0 Å². The molecule has 1 fully saturated rings. The number of methoxy groups -OCH3 is 2. The Kier molecular flexibility index (Phi) is 8.15. The van der Waals surface area contributed by atoms with Gasteiger partial charge in [-0.05, 0) is 86.3 Å². The molecule has 0 saturated carbocycles. The maximum absolute atomic E-state index is 13.9. The maximum Gasteiger partial charge on any atom is 0.264 e. The molecule has 39 heavy (non-hydrogen) atoms. The Balaban J connectivity index is 1.65. The highest BCUT2D eigenvalue weighted by molar-refractivity contribution is 7.92. The van der Waals surface area contributed by atoms with Crippen LogP contribution >= 0.6 is 0 Å². The van der Waals surface area contributed by atoms with E-state index in [4.69, 9.17) is 9.47 Å². The molecule has 0 unspecified atom stereocenters. The van der Waals surface area contributed by atoms with Crippen molar-refractivity contribution >= 4 is 38.9 Å². The van der Waals surface area contributed by atoms with Gasteiger partial charge in [-0.1, -0.05) is 6.07 Å². The minimum Gasteiger partial charge on any atom is -0.493 e. The fourth-order valence-corrected chi connectivity index (χ4v) is 6.20. The molecule has 0 aromatic heterocycles. The second-order valence-electron chi connectivity index (χ2n) is 9.57. The van der Waals surface area contributed by atoms with Crippen LogP contribution in [0.15, 0.2) is 59.5 Å². The standard InChI is InChI=1S/C29H33N3O6S/c1-19-13-20(2)15-23(14-19)32(39(35,36)24-9-11-26(37-4)27(17-24)38-5)18-28(33)30-22-8-10-25(21(3)16-22)31-12-6-7-29(31)34/h8-11,13-17H,6-7,12,18H2,1-5H3,(H,30,33). The van der Waals surface area contributed by atoms with Crippen LogP contribution in [0.3, 0.4) is 0 Å². The average molecular weight is 552 g/mol. The van der Waals surface area contributed by atoms with Crippen molar-refractivity contribution in [1.29, 1.82) is 0 Å². The molecule has 1 N–H and O–H groups in total. The third-order valence-electron chi connectivity index (χ3n) is 6.57. The van der Waals surface area contributed by atoms with Crippen molar-refractivity contribution in [3.63, 3.8) is 0 Å². The van der Waals surface area contributed by atoms with Crippen LogP contribution in [-0.4, -0.2) is 47.5 Å². The number of amides is 2. The highest BCUT2D eigenvalue weighted by atomic mass is 32.2. The highest BCUT2D eigenvalue weighted by Crippen LogP contribution is 2.33. The van der Waals surface area contributed by atoms with Crippen molar-refractivity contribution in [3.05, 3.63) is 71.3 Å². The van der Waals surface area contributed by atoms with Gasteiger partial charge in [-0.3, -0.25) is 13.9 Å². The van der Waals surface area contributed by atoms with Crippen molar-refractivity contribution in [2.45, 2.75) is 38.5 Å². The lowest BCUT2D eigenvalue weighted by molar-refractivity contribution is -0.117. The lowest BCUT2D eigenvalue weighted by Crippen LogP contribution is -2.38. The molecule has 2 amide bonds. The molecule has 1 aliphatic rings. The zero-order chi connectivity index (χ0) is 28.3. The molecule has 10 heteroatoms. The van der Waals surface area contributed by atoms with E-state index in [2.05, 4.69) is 5.32 Å². The first-order valence-corrected chi connectivity index (χ1v) is 14.0. The number of ether oxygens (including phenoxy) is 2. The lowest BCUT2D eigenvalue weighted by atomic mass is 10.1. The largest absolute Gasteiger partial charge is 0.493 e. The van der Waals surface area contributed by atoms with Crippen LogP contribution in [0.2, 0.25) is 0 Å². The summed E-state index contributed by atoms with van der Waals surface area (Å²) in [6.45, 7) is 5.83. The van der Waals surface area contributed by atoms with Gasteiger partial charge in [0, 0.05) is 30.4 Å². The van der Waals surface area contributed by atoms with Crippen LogP contribution in [0.25, 0.3) is 0 Å². The van der Waals surface area contributed by atoms with Gasteiger partial charge >= 0.3 is 0 Å². The molecular formula is C29H33N3O6S. The molecule has 0 aliphatic carbocycles. The normalized spacial score (nSPS) is 13.4. The molecule has 0 bridgehead atoms. The molecule has 3 aromatic rings. The monoisotopic (exact) mass is 551 g/mol. The van der Waals surface area contributed by atoms with E-state index in [9.17, 15) is 18.0 Å². The van der Waals surface area contributed by atoms with Gasteiger partial charge in [0.15, 0.2) is 11.5 Å². The number of nitrogens with zero attached hydrogens (tertiary/aromatic N) is 2. The predicted octanol–water partition coefficient (Wildman–Crippen LogP) is 4.59. The maximum atomic E-state index is 13.9. The average Bonchev–Trinajstić information content (AvgIpc) is 3.31. The van der Waals surface area contributed by atoms with Crippen LogP contribution in [-0.2, 0) is 19.6 Å². The Morgan fingerprint density at radius 1 is 0.949 bits per heavy atom. The number of hydrogen-bond donors (Lipinski definition) is 1. The first-order chi connectivity index (χ1) is 18.5. The van der Waals surface area contributed by atoms with Crippen molar-refractivity contribution < 1.29 is 27.5 Å². The first-order valence-electron chi connectivity index (χ1n) is 12.6. The van der Waals surface area contributed by atoms with Gasteiger partial charge in [0.2, 0.25) is 11.8 Å². The summed E-state index contributed by atoms with van der Waals surface area (Å²) < 4.78 is 39.4. The smallest absolute Gasteiger partial charge is 0.264 e. The summed E-state index contributed by atoms with van der Waals surface area (Å²) in [5, 5.41) is 2.81. The van der Waals surface area contributed by atoms with E-state index < -0.39 is 22.5 Å². The number of anilines is 3. The summed E-state index contributed by atoms with van der Waals surface area (Å²) >= 11 is 0. The van der Waals surface area contributed by atoms with E-state index in [-0.39, 0.29) is 16.6 Å². The number of sulfonamides is 1. The van der Waals surface area contributed by atoms with Gasteiger partial charge in [-0.25, -0.2) is 8.42 Å². The summed E-state index contributed by atoms with van der Waals surface area (Å²) in [4.78, 5) is 27.1. The number of hydrogen-bond acceptors (Lipinski definition) is 6. The van der Waals surface area contributed by atoms with Crippen molar-refractivity contribution in [2.75, 3.05) is 41.8 Å². The molecule has 0 atom stereocenters. The Morgan fingerprint density at radius 2 is 1.64 bits per heavy atom. The molecule has 3 aromatic carbocycles. The Bertz CT molecular complexity index is 1500. The van der Waals surface area contributed by atoms with E-state index in [1.54, 1.807) is 35.2 Å². The van der Waals surface area contributed by atoms with Gasteiger partial charge in [0.05, 0.1) is 24.8 Å². The molecule has 9 nitrogen and oxygen atoms in total. The number of carbonyl (C=O) groups is 2. The third-order valence-corrected chi connectivity index (χ3v) is 8.34.